The molecule has 8 atom stereocenters. The molecule has 0 aromatic heterocycles. The van der Waals surface area contributed by atoms with E-state index in [2.05, 4.69) is 9.64 Å². The Labute approximate surface area is 294 Å². The summed E-state index contributed by atoms with van der Waals surface area (Å²) in [7, 11) is 3.37. The van der Waals surface area contributed by atoms with E-state index in [4.69, 9.17) is 39.0 Å². The normalized spacial score (nSPS) is 26.1. The summed E-state index contributed by atoms with van der Waals surface area (Å²) >= 11 is 0. The first kappa shape index (κ1) is 38.0. The van der Waals surface area contributed by atoms with Crippen LogP contribution >= 0.6 is 0 Å². The maximum atomic E-state index is 13.5. The third-order valence-corrected chi connectivity index (χ3v) is 9.84. The Morgan fingerprint density at radius 3 is 2.29 bits per heavy atom. The third-order valence-electron chi connectivity index (χ3n) is 9.84. The van der Waals surface area contributed by atoms with Gasteiger partial charge in [-0.3, -0.25) is 14.4 Å². The number of aliphatic carboxylic acids is 3. The first-order valence-corrected chi connectivity index (χ1v) is 16.1. The number of aliphatic hydroxyl groups excluding tert-OH is 1. The number of likely N-dealkylation sites (tertiary alicyclic amines) is 1. The summed E-state index contributed by atoms with van der Waals surface area (Å²) in [5, 5.41) is 48.9. The maximum Gasteiger partial charge on any atom is 0.348 e. The number of nitrogens with zero attached hydrogens (tertiary/aromatic N) is 1. The van der Waals surface area contributed by atoms with Crippen molar-refractivity contribution >= 4 is 41.8 Å². The summed E-state index contributed by atoms with van der Waals surface area (Å²) in [4.78, 5) is 86.9. The SMILES string of the molecule is COc1ccc2c3c1O[C@H]1C(OC(=O)C[C@H](OC(=O)C[C@H](O)C(=O)O)C(=O)O[C@@H](C)C(=O)O[C@@H](CC(=O)O)C(=O)O)=CC[C@@]4(O)[C@H](C2)N(C)CC[C@]314. The molecule has 0 amide bonds. The molecule has 282 valence electrons. The molecule has 2 aliphatic carbocycles. The van der Waals surface area contributed by atoms with Gasteiger partial charge in [-0.1, -0.05) is 6.07 Å². The highest BCUT2D eigenvalue weighted by molar-refractivity contribution is 5.89. The molecule has 5 N–H and O–H groups in total. The molecule has 52 heavy (non-hydrogen) atoms. The van der Waals surface area contributed by atoms with E-state index in [1.807, 2.05) is 13.1 Å². The fourth-order valence-electron chi connectivity index (χ4n) is 7.41. The fourth-order valence-corrected chi connectivity index (χ4v) is 7.41. The number of benzene rings is 1. The van der Waals surface area contributed by atoms with Crippen molar-refractivity contribution in [2.45, 2.75) is 93.0 Å². The van der Waals surface area contributed by atoms with Crippen molar-refractivity contribution in [2.75, 3.05) is 20.7 Å². The van der Waals surface area contributed by atoms with Crippen LogP contribution in [0.4, 0.5) is 0 Å². The molecule has 5 rings (SSSR count). The number of rotatable bonds is 15. The van der Waals surface area contributed by atoms with Gasteiger partial charge >= 0.3 is 41.8 Å². The van der Waals surface area contributed by atoms with Gasteiger partial charge in [0.25, 0.3) is 0 Å². The van der Waals surface area contributed by atoms with Crippen molar-refractivity contribution in [1.29, 1.82) is 0 Å². The number of carbonyl (C=O) groups excluding carboxylic acids is 4. The van der Waals surface area contributed by atoms with Crippen LogP contribution < -0.4 is 9.47 Å². The van der Waals surface area contributed by atoms with Crippen LogP contribution in [0.5, 0.6) is 11.5 Å². The molecule has 0 radical (unpaired) electrons. The molecule has 0 unspecified atom stereocenters. The number of aliphatic hydroxyl groups is 2. The molecule has 19 heteroatoms. The lowest BCUT2D eigenvalue weighted by Gasteiger charge is -2.61. The Morgan fingerprint density at radius 2 is 1.65 bits per heavy atom. The van der Waals surface area contributed by atoms with Crippen molar-refractivity contribution in [3.63, 3.8) is 0 Å². The Morgan fingerprint density at radius 1 is 0.942 bits per heavy atom. The number of methoxy groups -OCH3 is 1. The highest BCUT2D eigenvalue weighted by Gasteiger charge is 2.72. The number of piperidine rings is 1. The molecule has 4 aliphatic rings. The van der Waals surface area contributed by atoms with E-state index in [-0.39, 0.29) is 18.2 Å². The van der Waals surface area contributed by atoms with Crippen LogP contribution in [0.1, 0.15) is 50.2 Å². The predicted molar refractivity (Wildman–Crippen MR) is 166 cm³/mol. The largest absolute Gasteiger partial charge is 0.493 e. The molecule has 1 aromatic carbocycles. The maximum absolute atomic E-state index is 13.5. The second kappa shape index (κ2) is 14.4. The number of carboxylic acids is 3. The topological polar surface area (TPSA) is 279 Å². The van der Waals surface area contributed by atoms with E-state index in [0.29, 0.717) is 30.9 Å². The second-order valence-corrected chi connectivity index (χ2v) is 12.9. The van der Waals surface area contributed by atoms with Crippen LogP contribution in [0, 0.1) is 0 Å². The van der Waals surface area contributed by atoms with Crippen LogP contribution in [0.25, 0.3) is 0 Å². The minimum absolute atomic E-state index is 0.0149. The minimum Gasteiger partial charge on any atom is -0.493 e. The van der Waals surface area contributed by atoms with E-state index in [0.717, 1.165) is 18.1 Å². The Kier molecular flexibility index (Phi) is 10.5. The molecule has 2 heterocycles. The lowest BCUT2D eigenvalue weighted by Crippen LogP contribution is -2.74. The molecule has 2 bridgehead atoms. The zero-order chi connectivity index (χ0) is 38.3. The number of likely N-dealkylation sites (N-methyl/N-ethyl adjacent to an activating group) is 1. The highest BCUT2D eigenvalue weighted by atomic mass is 16.6. The molecule has 1 fully saturated rings. The lowest BCUT2D eigenvalue weighted by molar-refractivity contribution is -0.185. The van der Waals surface area contributed by atoms with Gasteiger partial charge in [0.2, 0.25) is 12.2 Å². The van der Waals surface area contributed by atoms with Gasteiger partial charge in [0.05, 0.1) is 37.4 Å². The van der Waals surface area contributed by atoms with Crippen molar-refractivity contribution in [2.24, 2.45) is 0 Å². The van der Waals surface area contributed by atoms with Crippen LogP contribution in [-0.2, 0) is 64.3 Å². The average molecular weight is 736 g/mol. The summed E-state index contributed by atoms with van der Waals surface area (Å²) in [6.45, 7) is 1.50. The monoisotopic (exact) mass is 735 g/mol. The zero-order valence-electron chi connectivity index (χ0n) is 28.1. The summed E-state index contributed by atoms with van der Waals surface area (Å²) in [6.07, 6.45) is -10.4. The van der Waals surface area contributed by atoms with Crippen molar-refractivity contribution in [3.05, 3.63) is 35.1 Å². The highest BCUT2D eigenvalue weighted by Crippen LogP contribution is 2.65. The summed E-state index contributed by atoms with van der Waals surface area (Å²) < 4.78 is 32.2. The summed E-state index contributed by atoms with van der Waals surface area (Å²) in [5.74, 6) is -10.1. The summed E-state index contributed by atoms with van der Waals surface area (Å²) in [5.41, 5.74) is -0.733. The first-order valence-electron chi connectivity index (χ1n) is 16.1. The molecule has 0 saturated carbocycles. The smallest absolute Gasteiger partial charge is 0.348 e. The van der Waals surface area contributed by atoms with Gasteiger partial charge in [0.1, 0.15) is 5.76 Å². The van der Waals surface area contributed by atoms with Crippen molar-refractivity contribution in [1.82, 2.24) is 4.90 Å². The fraction of sp³-hybridized carbons (Fsp3) is 0.545. The Balaban J connectivity index is 1.37. The predicted octanol–water partition coefficient (Wildman–Crippen LogP) is -0.944. The van der Waals surface area contributed by atoms with E-state index in [9.17, 15) is 43.8 Å². The number of carbonyl (C=O) groups is 7. The van der Waals surface area contributed by atoms with Gasteiger partial charge in [-0.25, -0.2) is 19.2 Å². The molecular formula is C33H37NO18. The average Bonchev–Trinajstić information content (AvgIpc) is 3.42. The number of carboxylic acid groups (broad SMARTS) is 3. The zero-order valence-corrected chi connectivity index (χ0v) is 28.1. The van der Waals surface area contributed by atoms with Crippen molar-refractivity contribution in [3.8, 4) is 11.5 Å². The molecular weight excluding hydrogens is 698 g/mol. The minimum atomic E-state index is -2.24. The second-order valence-electron chi connectivity index (χ2n) is 12.9. The standard InChI is InChI=1S/C33H37NO18/c1-14(30(44)51-19(29(42)43)12-22(36)37)48-31(45)20(50-23(38)11-16(35)28(40)41)13-24(39)49-18-6-7-33(46)21-10-15-4-5-17(47-3)26-25(15)32(33,27(18)52-26)8-9-34(21)2/h4-6,14,16,19-21,27,35,46H,7-13H2,1-3H3,(H,36,37)(H,40,41)(H,42,43)/t14-,16-,19-,20-,21-,27-,32-,33+/m0/s1. The molecule has 19 nitrogen and oxygen atoms in total. The van der Waals surface area contributed by atoms with Crippen molar-refractivity contribution < 1.29 is 87.5 Å². The van der Waals surface area contributed by atoms with Gasteiger partial charge in [-0.2, -0.15) is 0 Å². The molecule has 2 aliphatic heterocycles. The van der Waals surface area contributed by atoms with Gasteiger partial charge in [0, 0.05) is 18.0 Å². The number of hydrogen-bond acceptors (Lipinski definition) is 16. The van der Waals surface area contributed by atoms with Gasteiger partial charge in [-0.05, 0) is 51.1 Å². The van der Waals surface area contributed by atoms with Crippen LogP contribution in [0.15, 0.2) is 24.0 Å². The van der Waals surface area contributed by atoms with E-state index in [1.165, 1.54) is 13.2 Å². The Bertz CT molecular complexity index is 1720. The molecule has 1 spiro atoms. The number of hydrogen-bond donors (Lipinski definition) is 5. The van der Waals surface area contributed by atoms with Gasteiger partial charge in [-0.15, -0.1) is 0 Å². The van der Waals surface area contributed by atoms with Gasteiger partial charge < -0.3 is 58.9 Å². The molecule has 1 saturated heterocycles. The van der Waals surface area contributed by atoms with Crippen LogP contribution in [-0.4, -0.2) is 135 Å². The lowest BCUT2D eigenvalue weighted by atomic mass is 9.50. The van der Waals surface area contributed by atoms with Crippen LogP contribution in [0.3, 0.4) is 0 Å². The third kappa shape index (κ3) is 6.73. The van der Waals surface area contributed by atoms with E-state index < -0.39 is 103 Å². The Hall–Kier alpha value is -5.27. The van der Waals surface area contributed by atoms with E-state index in [1.54, 1.807) is 6.07 Å². The van der Waals surface area contributed by atoms with E-state index >= 15 is 0 Å². The first-order chi connectivity index (χ1) is 24.4. The van der Waals surface area contributed by atoms with Crippen LogP contribution in [0.2, 0.25) is 0 Å². The number of ether oxygens (including phenoxy) is 6. The van der Waals surface area contributed by atoms with Gasteiger partial charge in [0.15, 0.2) is 29.8 Å². The summed E-state index contributed by atoms with van der Waals surface area (Å²) in [6, 6.07) is 3.34. The number of esters is 4. The molecule has 1 aromatic rings. The quantitative estimate of drug-likeness (QED) is 0.107.